The molecule has 0 bridgehead atoms. The van der Waals surface area contributed by atoms with Crippen LogP contribution >= 0.6 is 0 Å². The van der Waals surface area contributed by atoms with Gasteiger partial charge in [0.25, 0.3) is 0 Å². The van der Waals surface area contributed by atoms with E-state index >= 15 is 0 Å². The van der Waals surface area contributed by atoms with Gasteiger partial charge in [0, 0.05) is 13.1 Å². The summed E-state index contributed by atoms with van der Waals surface area (Å²) in [6.07, 6.45) is 0.555. The Labute approximate surface area is 220 Å². The molecule has 2 aromatic carbocycles. The Morgan fingerprint density at radius 3 is 2.16 bits per heavy atom. The van der Waals surface area contributed by atoms with E-state index in [1.807, 2.05) is 51.1 Å². The first-order valence-corrected chi connectivity index (χ1v) is 12.9. The highest BCUT2D eigenvalue weighted by Crippen LogP contribution is 2.26. The van der Waals surface area contributed by atoms with Gasteiger partial charge in [0.15, 0.2) is 0 Å². The van der Waals surface area contributed by atoms with Crippen LogP contribution in [-0.2, 0) is 20.9 Å². The average Bonchev–Trinajstić information content (AvgIpc) is 2.85. The molecule has 8 heteroatoms. The molecule has 0 aliphatic carbocycles. The van der Waals surface area contributed by atoms with E-state index in [9.17, 15) is 19.5 Å². The molecule has 3 unspecified atom stereocenters. The highest BCUT2D eigenvalue weighted by molar-refractivity contribution is 5.92. The number of carbonyl (C=O) groups is 3. The van der Waals surface area contributed by atoms with Crippen molar-refractivity contribution < 1.29 is 24.2 Å². The van der Waals surface area contributed by atoms with Crippen LogP contribution in [0.5, 0.6) is 5.75 Å². The van der Waals surface area contributed by atoms with Crippen molar-refractivity contribution in [2.75, 3.05) is 6.54 Å². The topological polar surface area (TPSA) is 108 Å². The maximum absolute atomic E-state index is 14.0. The van der Waals surface area contributed by atoms with Crippen molar-refractivity contribution in [1.29, 1.82) is 0 Å². The first-order chi connectivity index (χ1) is 17.5. The minimum absolute atomic E-state index is 0.0598. The zero-order chi connectivity index (χ0) is 27.6. The van der Waals surface area contributed by atoms with Crippen molar-refractivity contribution in [3.05, 3.63) is 65.7 Å². The Kier molecular flexibility index (Phi) is 11.0. The first-order valence-electron chi connectivity index (χ1n) is 12.9. The Hall–Kier alpha value is -3.55. The maximum atomic E-state index is 14.0. The van der Waals surface area contributed by atoms with Crippen LogP contribution in [-0.4, -0.2) is 46.1 Å². The summed E-state index contributed by atoms with van der Waals surface area (Å²) in [6.45, 7) is 11.6. The normalized spacial score (nSPS) is 13.7. The van der Waals surface area contributed by atoms with E-state index in [-0.39, 0.29) is 23.5 Å². The second kappa shape index (κ2) is 13.7. The molecule has 3 N–H and O–H groups in total. The fourth-order valence-electron chi connectivity index (χ4n) is 3.91. The van der Waals surface area contributed by atoms with Crippen molar-refractivity contribution in [1.82, 2.24) is 15.5 Å². The summed E-state index contributed by atoms with van der Waals surface area (Å²) in [7, 11) is 0. The summed E-state index contributed by atoms with van der Waals surface area (Å²) in [6, 6.07) is 13.9. The van der Waals surface area contributed by atoms with E-state index in [1.54, 1.807) is 32.9 Å². The molecule has 0 spiro atoms. The summed E-state index contributed by atoms with van der Waals surface area (Å²) in [4.78, 5) is 41.8. The number of ether oxygens (including phenoxy) is 1. The van der Waals surface area contributed by atoms with E-state index in [2.05, 4.69) is 10.6 Å². The molecule has 0 saturated carbocycles. The van der Waals surface area contributed by atoms with Gasteiger partial charge in [-0.25, -0.2) is 4.79 Å². The second-order valence-electron chi connectivity index (χ2n) is 10.2. The lowest BCUT2D eigenvalue weighted by molar-refractivity contribution is -0.143. The Morgan fingerprint density at radius 2 is 1.62 bits per heavy atom. The molecular formula is C29H41N3O5. The van der Waals surface area contributed by atoms with Gasteiger partial charge in [-0.05, 0) is 56.4 Å². The van der Waals surface area contributed by atoms with Crippen LogP contribution in [0.1, 0.15) is 71.6 Å². The summed E-state index contributed by atoms with van der Waals surface area (Å²) >= 11 is 0. The van der Waals surface area contributed by atoms with Crippen LogP contribution in [0, 0.1) is 5.92 Å². The van der Waals surface area contributed by atoms with Gasteiger partial charge in [-0.2, -0.15) is 0 Å². The number of aromatic hydroxyl groups is 1. The number of nitrogens with zero attached hydrogens (tertiary/aromatic N) is 1. The lowest BCUT2D eigenvalue weighted by Crippen LogP contribution is -2.55. The number of rotatable bonds is 11. The Bertz CT molecular complexity index is 1020. The van der Waals surface area contributed by atoms with Crippen LogP contribution < -0.4 is 10.6 Å². The zero-order valence-electron chi connectivity index (χ0n) is 22.8. The minimum atomic E-state index is -0.955. The molecule has 0 aliphatic rings. The summed E-state index contributed by atoms with van der Waals surface area (Å²) in [5.74, 6) is -0.858. The highest BCUT2D eigenvalue weighted by Gasteiger charge is 2.37. The third-order valence-electron chi connectivity index (χ3n) is 5.98. The number of hydrogen-bond acceptors (Lipinski definition) is 5. The van der Waals surface area contributed by atoms with Crippen LogP contribution in [0.2, 0.25) is 0 Å². The second-order valence-corrected chi connectivity index (χ2v) is 10.2. The number of hydrogen-bond donors (Lipinski definition) is 3. The molecule has 2 aromatic rings. The van der Waals surface area contributed by atoms with Crippen molar-refractivity contribution in [2.45, 2.75) is 78.6 Å². The molecule has 8 nitrogen and oxygen atoms in total. The van der Waals surface area contributed by atoms with Gasteiger partial charge in [0.2, 0.25) is 11.8 Å². The smallest absolute Gasteiger partial charge is 0.408 e. The monoisotopic (exact) mass is 511 g/mol. The predicted octanol–water partition coefficient (Wildman–Crippen LogP) is 4.93. The number of benzene rings is 2. The molecule has 0 saturated heterocycles. The Morgan fingerprint density at radius 1 is 1.00 bits per heavy atom. The van der Waals surface area contributed by atoms with Crippen molar-refractivity contribution in [3.8, 4) is 5.75 Å². The molecule has 0 fully saturated rings. The number of alkyl carbamates (subject to hydrolysis) is 1. The van der Waals surface area contributed by atoms with Crippen molar-refractivity contribution >= 4 is 17.9 Å². The van der Waals surface area contributed by atoms with Crippen LogP contribution in [0.3, 0.4) is 0 Å². The van der Waals surface area contributed by atoms with Crippen LogP contribution in [0.15, 0.2) is 54.6 Å². The summed E-state index contributed by atoms with van der Waals surface area (Å²) in [5, 5.41) is 15.5. The Balaban J connectivity index is 2.43. The molecule has 0 aromatic heterocycles. The molecular weight excluding hydrogens is 470 g/mol. The van der Waals surface area contributed by atoms with Crippen molar-refractivity contribution in [2.24, 2.45) is 5.92 Å². The molecule has 0 radical (unpaired) electrons. The SMILES string of the molecule is CCCN(C(=O)C(NC(=O)OC(C)(C)C)C(C)CC)C(C(=O)NCc1ccccc1)c1ccc(O)cc1. The average molecular weight is 512 g/mol. The van der Waals surface area contributed by atoms with Gasteiger partial charge in [0.05, 0.1) is 0 Å². The molecule has 37 heavy (non-hydrogen) atoms. The molecule has 2 rings (SSSR count). The van der Waals surface area contributed by atoms with Gasteiger partial charge in [-0.3, -0.25) is 9.59 Å². The van der Waals surface area contributed by atoms with Crippen LogP contribution in [0.25, 0.3) is 0 Å². The van der Waals surface area contributed by atoms with Gasteiger partial charge in [0.1, 0.15) is 23.4 Å². The standard InChI is InChI=1S/C29H41N3O5/c1-7-18-32(27(35)24(20(3)8-2)31-28(36)37-29(4,5)6)25(22-14-16-23(33)17-15-22)26(34)30-19-21-12-10-9-11-13-21/h9-17,20,24-25,33H,7-8,18-19H2,1-6H3,(H,30,34)(H,31,36). The fourth-order valence-corrected chi connectivity index (χ4v) is 3.91. The van der Waals surface area contributed by atoms with E-state index in [0.717, 1.165) is 5.56 Å². The third kappa shape index (κ3) is 9.12. The van der Waals surface area contributed by atoms with E-state index < -0.39 is 23.8 Å². The fraction of sp³-hybridized carbons (Fsp3) is 0.483. The van der Waals surface area contributed by atoms with Gasteiger partial charge in [-0.15, -0.1) is 0 Å². The van der Waals surface area contributed by atoms with Gasteiger partial charge >= 0.3 is 6.09 Å². The van der Waals surface area contributed by atoms with Crippen LogP contribution in [0.4, 0.5) is 4.79 Å². The predicted molar refractivity (Wildman–Crippen MR) is 144 cm³/mol. The molecule has 3 amide bonds. The molecule has 3 atom stereocenters. The number of carbonyl (C=O) groups excluding carboxylic acids is 3. The number of amides is 3. The minimum Gasteiger partial charge on any atom is -0.508 e. The zero-order valence-corrected chi connectivity index (χ0v) is 22.8. The lowest BCUT2D eigenvalue weighted by atomic mass is 9.95. The number of phenolic OH excluding ortho intramolecular Hbond substituents is 1. The highest BCUT2D eigenvalue weighted by atomic mass is 16.6. The lowest BCUT2D eigenvalue weighted by Gasteiger charge is -2.36. The number of nitrogens with one attached hydrogen (secondary N) is 2. The van der Waals surface area contributed by atoms with E-state index in [1.165, 1.54) is 17.0 Å². The van der Waals surface area contributed by atoms with E-state index in [4.69, 9.17) is 4.74 Å². The first kappa shape index (κ1) is 29.7. The summed E-state index contributed by atoms with van der Waals surface area (Å²) in [5.41, 5.74) is 0.769. The van der Waals surface area contributed by atoms with E-state index in [0.29, 0.717) is 31.5 Å². The summed E-state index contributed by atoms with van der Waals surface area (Å²) < 4.78 is 5.42. The molecule has 0 heterocycles. The van der Waals surface area contributed by atoms with Crippen molar-refractivity contribution in [3.63, 3.8) is 0 Å². The maximum Gasteiger partial charge on any atom is 0.408 e. The largest absolute Gasteiger partial charge is 0.508 e. The van der Waals surface area contributed by atoms with Gasteiger partial charge < -0.3 is 25.4 Å². The number of phenols is 1. The quantitative estimate of drug-likeness (QED) is 0.397. The molecule has 202 valence electrons. The molecule has 0 aliphatic heterocycles. The van der Waals surface area contributed by atoms with Gasteiger partial charge in [-0.1, -0.05) is 69.7 Å². The third-order valence-corrected chi connectivity index (χ3v) is 5.98.